The van der Waals surface area contributed by atoms with Crippen molar-refractivity contribution in [2.24, 2.45) is 0 Å². The van der Waals surface area contributed by atoms with Crippen LogP contribution in [0, 0.1) is 13.8 Å². The summed E-state index contributed by atoms with van der Waals surface area (Å²) in [6.07, 6.45) is 1.80. The molecule has 0 spiro atoms. The average molecular weight is 727 g/mol. The smallest absolute Gasteiger partial charge is 0.266 e. The van der Waals surface area contributed by atoms with Crippen molar-refractivity contribution in [3.05, 3.63) is 178 Å². The third-order valence-electron chi connectivity index (χ3n) is 9.42. The molecule has 2 aliphatic heterocycles. The van der Waals surface area contributed by atoms with Gasteiger partial charge < -0.3 is 10.1 Å². The molecule has 11 nitrogen and oxygen atoms in total. The summed E-state index contributed by atoms with van der Waals surface area (Å²) in [6, 6.07) is 32.8. The number of rotatable bonds is 9. The molecule has 0 fully saturated rings. The van der Waals surface area contributed by atoms with Gasteiger partial charge in [-0.05, 0) is 110 Å². The Morgan fingerprint density at radius 1 is 0.564 bits per heavy atom. The molecular formula is C44H30N4O7. The highest BCUT2D eigenvalue weighted by Gasteiger charge is 2.38. The number of amides is 5. The fraction of sp³-hybridized carbons (Fsp3) is 0.0682. The molecule has 55 heavy (non-hydrogen) atoms. The zero-order valence-corrected chi connectivity index (χ0v) is 29.5. The number of aromatic nitrogens is 1. The molecule has 0 radical (unpaired) electrons. The molecule has 5 amide bonds. The summed E-state index contributed by atoms with van der Waals surface area (Å²) < 4.78 is 5.98. The van der Waals surface area contributed by atoms with Crippen molar-refractivity contribution in [3.63, 3.8) is 0 Å². The van der Waals surface area contributed by atoms with Gasteiger partial charge in [0, 0.05) is 23.7 Å². The largest absolute Gasteiger partial charge is 0.457 e. The Labute approximate surface area is 314 Å². The van der Waals surface area contributed by atoms with E-state index in [1.54, 1.807) is 66.9 Å². The highest BCUT2D eigenvalue weighted by Crippen LogP contribution is 2.34. The zero-order chi connectivity index (χ0) is 38.4. The molecule has 2 aliphatic rings. The predicted octanol–water partition coefficient (Wildman–Crippen LogP) is 7.77. The number of Topliss-reactive ketones (excluding diaryl/α,β-unsaturated/α-hetero) is 1. The highest BCUT2D eigenvalue weighted by atomic mass is 16.5. The van der Waals surface area contributed by atoms with Gasteiger partial charge in [-0.1, -0.05) is 42.0 Å². The number of carbonyl (C=O) groups excluding carboxylic acids is 6. The van der Waals surface area contributed by atoms with Gasteiger partial charge in [-0.15, -0.1) is 0 Å². The van der Waals surface area contributed by atoms with Gasteiger partial charge in [0.05, 0.1) is 33.6 Å². The molecule has 1 N–H and O–H groups in total. The Bertz CT molecular complexity index is 2400. The van der Waals surface area contributed by atoms with E-state index in [0.29, 0.717) is 34.3 Å². The minimum atomic E-state index is -0.564. The second-order valence-electron chi connectivity index (χ2n) is 13.3. The first-order valence-electron chi connectivity index (χ1n) is 17.3. The van der Waals surface area contributed by atoms with Gasteiger partial charge in [-0.2, -0.15) is 0 Å². The second-order valence-corrected chi connectivity index (χ2v) is 13.3. The minimum absolute atomic E-state index is 0.111. The number of pyridine rings is 1. The first-order valence-corrected chi connectivity index (χ1v) is 17.3. The second kappa shape index (κ2) is 13.8. The van der Waals surface area contributed by atoms with E-state index in [1.807, 2.05) is 44.2 Å². The van der Waals surface area contributed by atoms with E-state index in [9.17, 15) is 28.8 Å². The molecule has 8 rings (SSSR count). The molecule has 0 unspecified atom stereocenters. The topological polar surface area (TPSA) is 143 Å². The number of ketones is 1. The van der Waals surface area contributed by atoms with Gasteiger partial charge in [-0.25, -0.2) is 14.8 Å². The third-order valence-corrected chi connectivity index (χ3v) is 9.42. The number of hydrogen-bond acceptors (Lipinski definition) is 8. The van der Waals surface area contributed by atoms with Gasteiger partial charge in [-0.3, -0.25) is 28.8 Å². The first-order chi connectivity index (χ1) is 26.5. The SMILES string of the molecule is Cc1ccc(CC(=O)c2ccc3c(c2)C(=O)N(c2ccc(Oc4ccc(N5C(=O)c6ccc(C(=O)Nc7ccc(C)cn7)cc6C5=O)cc4)cc2)C3=O)cc1. The number of anilines is 3. The van der Waals surface area contributed by atoms with Crippen LogP contribution < -0.4 is 19.9 Å². The number of aryl methyl sites for hydroxylation is 2. The van der Waals surface area contributed by atoms with Crippen molar-refractivity contribution in [1.29, 1.82) is 0 Å². The lowest BCUT2D eigenvalue weighted by molar-refractivity contribution is 0.0910. The van der Waals surface area contributed by atoms with Crippen LogP contribution in [-0.2, 0) is 6.42 Å². The average Bonchev–Trinajstić information content (AvgIpc) is 3.60. The Hall–Kier alpha value is -7.53. The number of nitrogens with one attached hydrogen (secondary N) is 1. The highest BCUT2D eigenvalue weighted by molar-refractivity contribution is 6.35. The molecule has 5 aromatic carbocycles. The van der Waals surface area contributed by atoms with Crippen molar-refractivity contribution < 1.29 is 33.5 Å². The standard InChI is InChI=1S/C44H30N4O7/c1-25-3-6-27(7-4-25)21-38(49)28-8-18-34-36(22-28)43(53)47(41(34)51)30-10-14-32(15-11-30)55-33-16-12-31(13-17-33)48-42(52)35-19-9-29(23-37(35)44(48)54)40(50)46-39-20-5-26(2)24-45-39/h3-20,22-24H,21H2,1-2H3,(H,45,46,50). The van der Waals surface area contributed by atoms with Crippen molar-refractivity contribution in [1.82, 2.24) is 4.98 Å². The van der Waals surface area contributed by atoms with Crippen LogP contribution in [0.3, 0.4) is 0 Å². The number of nitrogens with zero attached hydrogens (tertiary/aromatic N) is 3. The summed E-state index contributed by atoms with van der Waals surface area (Å²) in [4.78, 5) is 85.5. The maximum absolute atomic E-state index is 13.4. The molecule has 0 saturated heterocycles. The number of fused-ring (bicyclic) bond motifs is 2. The van der Waals surface area contributed by atoms with Crippen LogP contribution in [0.4, 0.5) is 17.2 Å². The fourth-order valence-electron chi connectivity index (χ4n) is 6.45. The Morgan fingerprint density at radius 2 is 1.05 bits per heavy atom. The summed E-state index contributed by atoms with van der Waals surface area (Å²) in [5.74, 6) is -1.55. The van der Waals surface area contributed by atoms with E-state index >= 15 is 0 Å². The fourth-order valence-corrected chi connectivity index (χ4v) is 6.45. The summed E-state index contributed by atoms with van der Waals surface area (Å²) in [5, 5.41) is 2.69. The molecular weight excluding hydrogens is 697 g/mol. The van der Waals surface area contributed by atoms with Gasteiger partial charge in [0.1, 0.15) is 17.3 Å². The maximum Gasteiger partial charge on any atom is 0.266 e. The lowest BCUT2D eigenvalue weighted by Gasteiger charge is -2.16. The van der Waals surface area contributed by atoms with Gasteiger partial charge in [0.15, 0.2) is 5.78 Å². The van der Waals surface area contributed by atoms with Gasteiger partial charge in [0.2, 0.25) is 0 Å². The Balaban J connectivity index is 0.918. The van der Waals surface area contributed by atoms with E-state index < -0.39 is 29.5 Å². The monoisotopic (exact) mass is 726 g/mol. The normalized spacial score (nSPS) is 13.2. The third kappa shape index (κ3) is 6.55. The Kier molecular flexibility index (Phi) is 8.66. The summed E-state index contributed by atoms with van der Waals surface area (Å²) in [5.41, 5.74) is 4.77. The zero-order valence-electron chi connectivity index (χ0n) is 29.5. The van der Waals surface area contributed by atoms with Crippen LogP contribution >= 0.6 is 0 Å². The lowest BCUT2D eigenvalue weighted by Crippen LogP contribution is -2.29. The molecule has 3 heterocycles. The number of carbonyl (C=O) groups is 6. The van der Waals surface area contributed by atoms with Crippen molar-refractivity contribution in [3.8, 4) is 11.5 Å². The molecule has 11 heteroatoms. The number of imide groups is 2. The molecule has 268 valence electrons. The van der Waals surface area contributed by atoms with Gasteiger partial charge in [0.25, 0.3) is 29.5 Å². The molecule has 1 aromatic heterocycles. The van der Waals surface area contributed by atoms with Crippen LogP contribution in [0.5, 0.6) is 11.5 Å². The summed E-state index contributed by atoms with van der Waals surface area (Å²) in [7, 11) is 0. The maximum atomic E-state index is 13.4. The van der Waals surface area contributed by atoms with E-state index in [-0.39, 0.29) is 40.0 Å². The number of hydrogen-bond donors (Lipinski definition) is 1. The van der Waals surface area contributed by atoms with Crippen LogP contribution in [0.2, 0.25) is 0 Å². The quantitative estimate of drug-likeness (QED) is 0.118. The lowest BCUT2D eigenvalue weighted by atomic mass is 9.99. The molecule has 0 saturated carbocycles. The molecule has 6 aromatic rings. The summed E-state index contributed by atoms with van der Waals surface area (Å²) in [6.45, 7) is 3.85. The number of benzene rings is 5. The van der Waals surface area contributed by atoms with E-state index in [4.69, 9.17) is 4.74 Å². The van der Waals surface area contributed by atoms with Gasteiger partial charge >= 0.3 is 0 Å². The van der Waals surface area contributed by atoms with E-state index in [0.717, 1.165) is 26.5 Å². The van der Waals surface area contributed by atoms with Crippen molar-refractivity contribution in [2.45, 2.75) is 20.3 Å². The predicted molar refractivity (Wildman–Crippen MR) is 204 cm³/mol. The van der Waals surface area contributed by atoms with E-state index in [2.05, 4.69) is 10.3 Å². The number of ether oxygens (including phenoxy) is 1. The first kappa shape index (κ1) is 34.6. The molecule has 0 bridgehead atoms. The van der Waals surface area contributed by atoms with Crippen molar-refractivity contribution in [2.75, 3.05) is 15.1 Å². The van der Waals surface area contributed by atoms with E-state index in [1.165, 1.54) is 30.3 Å². The molecule has 0 aliphatic carbocycles. The van der Waals surface area contributed by atoms with Crippen LogP contribution in [0.15, 0.2) is 128 Å². The summed E-state index contributed by atoms with van der Waals surface area (Å²) >= 11 is 0. The molecule has 0 atom stereocenters. The van der Waals surface area contributed by atoms with Crippen LogP contribution in [-0.4, -0.2) is 40.3 Å². The Morgan fingerprint density at radius 3 is 1.58 bits per heavy atom. The van der Waals surface area contributed by atoms with Crippen molar-refractivity contribution >= 4 is 52.5 Å². The van der Waals surface area contributed by atoms with Crippen LogP contribution in [0.25, 0.3) is 0 Å². The minimum Gasteiger partial charge on any atom is -0.457 e. The van der Waals surface area contributed by atoms with Crippen LogP contribution in [0.1, 0.15) is 78.8 Å².